The van der Waals surface area contributed by atoms with Crippen molar-refractivity contribution in [3.05, 3.63) is 59.8 Å². The van der Waals surface area contributed by atoms with Gasteiger partial charge in [0.25, 0.3) is 0 Å². The first kappa shape index (κ1) is 19.4. The van der Waals surface area contributed by atoms with Crippen LogP contribution in [0.4, 0.5) is 4.39 Å². The summed E-state index contributed by atoms with van der Waals surface area (Å²) in [6, 6.07) is 10.8. The normalized spacial score (nSPS) is 16.4. The van der Waals surface area contributed by atoms with Crippen molar-refractivity contribution in [2.75, 3.05) is 32.7 Å². The molecule has 3 rings (SSSR count). The van der Waals surface area contributed by atoms with Crippen LogP contribution < -0.4 is 10.6 Å². The number of aliphatic imine (C=N–C) groups is 1. The van der Waals surface area contributed by atoms with E-state index in [9.17, 15) is 4.39 Å². The zero-order valence-electron chi connectivity index (χ0n) is 16.0. The lowest BCUT2D eigenvalue weighted by Crippen LogP contribution is -2.39. The summed E-state index contributed by atoms with van der Waals surface area (Å²) in [6.45, 7) is 6.44. The van der Waals surface area contributed by atoms with Crippen LogP contribution in [-0.4, -0.2) is 43.6 Å². The highest BCUT2D eigenvalue weighted by Crippen LogP contribution is 2.25. The summed E-state index contributed by atoms with van der Waals surface area (Å²) in [4.78, 5) is 7.24. The molecule has 2 aromatic rings. The third kappa shape index (κ3) is 5.82. The van der Waals surface area contributed by atoms with Gasteiger partial charge in [-0.2, -0.15) is 0 Å². The maximum Gasteiger partial charge on any atom is 0.191 e. The van der Waals surface area contributed by atoms with Crippen LogP contribution >= 0.6 is 0 Å². The second-order valence-corrected chi connectivity index (χ2v) is 6.80. The second kappa shape index (κ2) is 10.1. The molecule has 1 saturated heterocycles. The largest absolute Gasteiger partial charge is 0.468 e. The highest BCUT2D eigenvalue weighted by molar-refractivity contribution is 5.79. The number of nitrogens with one attached hydrogen (secondary N) is 2. The zero-order valence-corrected chi connectivity index (χ0v) is 16.0. The van der Waals surface area contributed by atoms with Crippen molar-refractivity contribution in [2.45, 2.75) is 32.2 Å². The standard InChI is InChI=1S/C21H29FN4O/c1-2-23-21(24-12-11-17-7-9-18(22)10-8-17)25-16-19(20-6-5-15-27-20)26-13-3-4-14-26/h5-10,15,19H,2-4,11-14,16H2,1H3,(H2,23,24,25). The highest BCUT2D eigenvalue weighted by Gasteiger charge is 2.25. The molecule has 6 heteroatoms. The minimum atomic E-state index is -0.201. The molecule has 5 nitrogen and oxygen atoms in total. The topological polar surface area (TPSA) is 52.8 Å². The van der Waals surface area contributed by atoms with E-state index in [2.05, 4.69) is 22.5 Å². The van der Waals surface area contributed by atoms with Crippen molar-refractivity contribution in [2.24, 2.45) is 4.99 Å². The second-order valence-electron chi connectivity index (χ2n) is 6.80. The van der Waals surface area contributed by atoms with Gasteiger partial charge in [-0.3, -0.25) is 9.89 Å². The molecule has 146 valence electrons. The summed E-state index contributed by atoms with van der Waals surface area (Å²) in [5.74, 6) is 1.57. The lowest BCUT2D eigenvalue weighted by molar-refractivity contribution is 0.221. The van der Waals surface area contributed by atoms with Crippen LogP contribution in [0, 0.1) is 5.82 Å². The summed E-state index contributed by atoms with van der Waals surface area (Å²) >= 11 is 0. The van der Waals surface area contributed by atoms with Gasteiger partial charge in [0.2, 0.25) is 0 Å². The first-order chi connectivity index (χ1) is 13.3. The molecule has 1 aliphatic rings. The number of nitrogens with zero attached hydrogens (tertiary/aromatic N) is 2. The Hall–Kier alpha value is -2.34. The van der Waals surface area contributed by atoms with Gasteiger partial charge in [0.1, 0.15) is 11.6 Å². The SMILES string of the molecule is CCNC(=NCC(c1ccco1)N1CCCC1)NCCc1ccc(F)cc1. The third-order valence-corrected chi connectivity index (χ3v) is 4.84. The van der Waals surface area contributed by atoms with Crippen LogP contribution in [0.5, 0.6) is 0 Å². The predicted octanol–water partition coefficient (Wildman–Crippen LogP) is 3.35. The monoisotopic (exact) mass is 372 g/mol. The molecule has 27 heavy (non-hydrogen) atoms. The molecule has 0 saturated carbocycles. The van der Waals surface area contributed by atoms with Crippen molar-refractivity contribution in [3.63, 3.8) is 0 Å². The van der Waals surface area contributed by atoms with Gasteiger partial charge in [-0.05, 0) is 69.1 Å². The van der Waals surface area contributed by atoms with E-state index in [1.54, 1.807) is 6.26 Å². The van der Waals surface area contributed by atoms with Gasteiger partial charge in [-0.1, -0.05) is 12.1 Å². The molecular formula is C21H29FN4O. The van der Waals surface area contributed by atoms with Gasteiger partial charge in [0.05, 0.1) is 18.8 Å². The van der Waals surface area contributed by atoms with Gasteiger partial charge >= 0.3 is 0 Å². The Balaban J connectivity index is 1.58. The fourth-order valence-corrected chi connectivity index (χ4v) is 3.42. The average molecular weight is 372 g/mol. The lowest BCUT2D eigenvalue weighted by atomic mass is 10.1. The highest BCUT2D eigenvalue weighted by atomic mass is 19.1. The molecule has 1 unspecified atom stereocenters. The first-order valence-corrected chi connectivity index (χ1v) is 9.80. The maximum atomic E-state index is 13.0. The summed E-state index contributed by atoms with van der Waals surface area (Å²) in [5, 5.41) is 6.67. The number of guanidine groups is 1. The Kier molecular flexibility index (Phi) is 7.27. The zero-order chi connectivity index (χ0) is 18.9. The Labute approximate surface area is 160 Å². The first-order valence-electron chi connectivity index (χ1n) is 9.80. The lowest BCUT2D eigenvalue weighted by Gasteiger charge is -2.24. The Morgan fingerprint density at radius 2 is 1.96 bits per heavy atom. The third-order valence-electron chi connectivity index (χ3n) is 4.84. The van der Waals surface area contributed by atoms with Crippen molar-refractivity contribution in [1.29, 1.82) is 0 Å². The van der Waals surface area contributed by atoms with E-state index in [-0.39, 0.29) is 11.9 Å². The number of benzene rings is 1. The number of rotatable bonds is 8. The Morgan fingerprint density at radius 3 is 2.63 bits per heavy atom. The molecule has 1 aromatic carbocycles. The molecule has 0 amide bonds. The molecule has 1 aliphatic heterocycles. The quantitative estimate of drug-likeness (QED) is 0.551. The fraction of sp³-hybridized carbons (Fsp3) is 0.476. The maximum absolute atomic E-state index is 13.0. The predicted molar refractivity (Wildman–Crippen MR) is 106 cm³/mol. The fourth-order valence-electron chi connectivity index (χ4n) is 3.42. The molecule has 0 bridgehead atoms. The molecule has 2 heterocycles. The Morgan fingerprint density at radius 1 is 1.19 bits per heavy atom. The van der Waals surface area contributed by atoms with Crippen LogP contribution in [0.3, 0.4) is 0 Å². The number of hydrogen-bond acceptors (Lipinski definition) is 3. The molecular weight excluding hydrogens is 343 g/mol. The molecule has 1 aromatic heterocycles. The van der Waals surface area contributed by atoms with Crippen LogP contribution in [0.1, 0.15) is 37.1 Å². The van der Waals surface area contributed by atoms with Crippen molar-refractivity contribution in [3.8, 4) is 0 Å². The molecule has 0 aliphatic carbocycles. The van der Waals surface area contributed by atoms with E-state index >= 15 is 0 Å². The van der Waals surface area contributed by atoms with Crippen LogP contribution in [0.25, 0.3) is 0 Å². The Bertz CT molecular complexity index is 693. The summed E-state index contributed by atoms with van der Waals surface area (Å²) in [7, 11) is 0. The van der Waals surface area contributed by atoms with Gasteiger partial charge in [0, 0.05) is 13.1 Å². The van der Waals surface area contributed by atoms with E-state index in [0.29, 0.717) is 6.54 Å². The number of furan rings is 1. The van der Waals surface area contributed by atoms with E-state index in [1.165, 1.54) is 25.0 Å². The van der Waals surface area contributed by atoms with Gasteiger partial charge in [-0.25, -0.2) is 4.39 Å². The van der Waals surface area contributed by atoms with Gasteiger partial charge in [0.15, 0.2) is 5.96 Å². The van der Waals surface area contributed by atoms with Crippen molar-refractivity contribution >= 4 is 5.96 Å². The summed E-state index contributed by atoms with van der Waals surface area (Å²) in [6.07, 6.45) is 5.01. The average Bonchev–Trinajstić information content (AvgIpc) is 3.38. The van der Waals surface area contributed by atoms with Crippen LogP contribution in [0.15, 0.2) is 52.1 Å². The summed E-state index contributed by atoms with van der Waals surface area (Å²) in [5.41, 5.74) is 1.10. The van der Waals surface area contributed by atoms with E-state index in [4.69, 9.17) is 9.41 Å². The number of hydrogen-bond donors (Lipinski definition) is 2. The number of likely N-dealkylation sites (tertiary alicyclic amines) is 1. The smallest absolute Gasteiger partial charge is 0.191 e. The van der Waals surface area contributed by atoms with E-state index < -0.39 is 0 Å². The molecule has 1 atom stereocenters. The minimum absolute atomic E-state index is 0.176. The van der Waals surface area contributed by atoms with E-state index in [0.717, 1.165) is 49.9 Å². The van der Waals surface area contributed by atoms with Crippen LogP contribution in [0.2, 0.25) is 0 Å². The minimum Gasteiger partial charge on any atom is -0.468 e. The molecule has 0 radical (unpaired) electrons. The van der Waals surface area contributed by atoms with Crippen molar-refractivity contribution < 1.29 is 8.81 Å². The molecule has 1 fully saturated rings. The number of halogens is 1. The summed E-state index contributed by atoms with van der Waals surface area (Å²) < 4.78 is 18.7. The van der Waals surface area contributed by atoms with Gasteiger partial charge < -0.3 is 15.1 Å². The molecule has 0 spiro atoms. The van der Waals surface area contributed by atoms with Crippen molar-refractivity contribution in [1.82, 2.24) is 15.5 Å². The molecule has 2 N–H and O–H groups in total. The van der Waals surface area contributed by atoms with E-state index in [1.807, 2.05) is 24.3 Å². The van der Waals surface area contributed by atoms with Crippen LogP contribution in [-0.2, 0) is 6.42 Å². The van der Waals surface area contributed by atoms with Gasteiger partial charge in [-0.15, -0.1) is 0 Å².